The molecular weight excluding hydrogens is 312 g/mol. The molecule has 25 heavy (non-hydrogen) atoms. The van der Waals surface area contributed by atoms with E-state index in [2.05, 4.69) is 66.7 Å². The number of hydrogen-bond donors (Lipinski definition) is 1. The maximum Gasteiger partial charge on any atom is 0.344 e. The number of carbonyl (C=O) groups is 1. The van der Waals surface area contributed by atoms with E-state index in [0.29, 0.717) is 6.42 Å². The SMILES string of the molecule is CCCC(Oc1cc(C(C)(C)CC(C)(C)C)ccc1C(C)C)C(=O)O. The van der Waals surface area contributed by atoms with E-state index in [-0.39, 0.29) is 16.7 Å². The molecule has 0 aliphatic carbocycles. The van der Waals surface area contributed by atoms with Crippen LogP contribution in [0, 0.1) is 5.41 Å². The van der Waals surface area contributed by atoms with Gasteiger partial charge in [-0.25, -0.2) is 4.79 Å². The van der Waals surface area contributed by atoms with Crippen molar-refractivity contribution in [1.82, 2.24) is 0 Å². The van der Waals surface area contributed by atoms with E-state index < -0.39 is 12.1 Å². The van der Waals surface area contributed by atoms with Gasteiger partial charge in [0.05, 0.1) is 0 Å². The first-order chi connectivity index (χ1) is 11.4. The first kappa shape index (κ1) is 21.5. The molecule has 1 unspecified atom stereocenters. The number of ether oxygens (including phenoxy) is 1. The fourth-order valence-electron chi connectivity index (χ4n) is 3.61. The zero-order chi connectivity index (χ0) is 19.4. The fraction of sp³-hybridized carbons (Fsp3) is 0.682. The lowest BCUT2D eigenvalue weighted by Crippen LogP contribution is -2.28. The maximum atomic E-state index is 11.5. The molecule has 1 aromatic carbocycles. The van der Waals surface area contributed by atoms with Crippen LogP contribution in [-0.2, 0) is 10.2 Å². The van der Waals surface area contributed by atoms with Gasteiger partial charge in [0, 0.05) is 0 Å². The third-order valence-corrected chi connectivity index (χ3v) is 4.48. The fourth-order valence-corrected chi connectivity index (χ4v) is 3.61. The van der Waals surface area contributed by atoms with E-state index in [1.807, 2.05) is 6.92 Å². The Balaban J connectivity index is 3.27. The van der Waals surface area contributed by atoms with Crippen molar-refractivity contribution in [3.05, 3.63) is 29.3 Å². The minimum atomic E-state index is -0.893. The van der Waals surface area contributed by atoms with Crippen molar-refractivity contribution in [2.75, 3.05) is 0 Å². The molecule has 0 amide bonds. The van der Waals surface area contributed by atoms with Crippen LogP contribution in [-0.4, -0.2) is 17.2 Å². The molecule has 0 aromatic heterocycles. The topological polar surface area (TPSA) is 46.5 Å². The number of carboxylic acids is 1. The van der Waals surface area contributed by atoms with Gasteiger partial charge in [0.1, 0.15) is 5.75 Å². The van der Waals surface area contributed by atoms with Crippen LogP contribution in [0.4, 0.5) is 0 Å². The lowest BCUT2D eigenvalue weighted by atomic mass is 9.72. The number of benzene rings is 1. The van der Waals surface area contributed by atoms with Gasteiger partial charge in [-0.3, -0.25) is 0 Å². The molecule has 0 aliphatic rings. The third-order valence-electron chi connectivity index (χ3n) is 4.48. The van der Waals surface area contributed by atoms with E-state index in [9.17, 15) is 9.90 Å². The zero-order valence-electron chi connectivity index (χ0n) is 17.3. The summed E-state index contributed by atoms with van der Waals surface area (Å²) >= 11 is 0. The van der Waals surface area contributed by atoms with Crippen LogP contribution in [0.15, 0.2) is 18.2 Å². The molecule has 0 saturated carbocycles. The molecular formula is C22H36O3. The van der Waals surface area contributed by atoms with Gasteiger partial charge in [-0.1, -0.05) is 73.9 Å². The van der Waals surface area contributed by atoms with Crippen molar-refractivity contribution < 1.29 is 14.6 Å². The van der Waals surface area contributed by atoms with Gasteiger partial charge < -0.3 is 9.84 Å². The molecule has 0 aliphatic heterocycles. The molecule has 142 valence electrons. The van der Waals surface area contributed by atoms with Crippen molar-refractivity contribution in [2.24, 2.45) is 5.41 Å². The van der Waals surface area contributed by atoms with Gasteiger partial charge in [0.25, 0.3) is 0 Å². The monoisotopic (exact) mass is 348 g/mol. The normalized spacial score (nSPS) is 13.8. The Kier molecular flexibility index (Phi) is 7.10. The van der Waals surface area contributed by atoms with Gasteiger partial charge in [0.2, 0.25) is 0 Å². The molecule has 0 heterocycles. The third kappa shape index (κ3) is 6.37. The summed E-state index contributed by atoms with van der Waals surface area (Å²) in [6, 6.07) is 6.33. The summed E-state index contributed by atoms with van der Waals surface area (Å²) in [5.41, 5.74) is 2.47. The summed E-state index contributed by atoms with van der Waals surface area (Å²) in [7, 11) is 0. The Labute approximate surface area is 153 Å². The van der Waals surface area contributed by atoms with Gasteiger partial charge in [-0.05, 0) is 46.8 Å². The Hall–Kier alpha value is -1.51. The number of carboxylic acid groups (broad SMARTS) is 1. The van der Waals surface area contributed by atoms with E-state index in [0.717, 1.165) is 24.2 Å². The standard InChI is InChI=1S/C22H36O3/c1-9-10-18(20(23)24)25-19-13-16(11-12-17(19)15(2)3)22(7,8)14-21(4,5)6/h11-13,15,18H,9-10,14H2,1-8H3,(H,23,24). The minimum absolute atomic E-state index is 0.00462. The van der Waals surface area contributed by atoms with Crippen molar-refractivity contribution in [2.45, 2.75) is 92.1 Å². The Bertz CT molecular complexity index is 579. The summed E-state index contributed by atoms with van der Waals surface area (Å²) in [5, 5.41) is 9.45. The Morgan fingerprint density at radius 3 is 2.20 bits per heavy atom. The quantitative estimate of drug-likeness (QED) is 0.612. The van der Waals surface area contributed by atoms with E-state index in [1.165, 1.54) is 5.56 Å². The van der Waals surface area contributed by atoms with Gasteiger partial charge in [-0.15, -0.1) is 0 Å². The number of aliphatic carboxylic acids is 1. The second-order valence-corrected chi connectivity index (χ2v) is 9.26. The average Bonchev–Trinajstić information content (AvgIpc) is 2.43. The molecule has 0 spiro atoms. The molecule has 1 atom stereocenters. The largest absolute Gasteiger partial charge is 0.479 e. The van der Waals surface area contributed by atoms with E-state index in [1.54, 1.807) is 0 Å². The molecule has 1 aromatic rings. The molecule has 3 nitrogen and oxygen atoms in total. The first-order valence-corrected chi connectivity index (χ1v) is 9.41. The second kappa shape index (κ2) is 8.25. The highest BCUT2D eigenvalue weighted by molar-refractivity contribution is 5.72. The van der Waals surface area contributed by atoms with Gasteiger partial charge >= 0.3 is 5.97 Å². The smallest absolute Gasteiger partial charge is 0.344 e. The van der Waals surface area contributed by atoms with Crippen molar-refractivity contribution in [1.29, 1.82) is 0 Å². The highest BCUT2D eigenvalue weighted by Gasteiger charge is 2.29. The van der Waals surface area contributed by atoms with Crippen molar-refractivity contribution in [3.8, 4) is 5.75 Å². The van der Waals surface area contributed by atoms with Crippen LogP contribution in [0.3, 0.4) is 0 Å². The highest BCUT2D eigenvalue weighted by Crippen LogP contribution is 2.39. The van der Waals surface area contributed by atoms with Crippen LogP contribution < -0.4 is 4.74 Å². The molecule has 0 saturated heterocycles. The molecule has 0 radical (unpaired) electrons. The van der Waals surface area contributed by atoms with Crippen molar-refractivity contribution in [3.63, 3.8) is 0 Å². The number of rotatable bonds is 8. The average molecular weight is 349 g/mol. The second-order valence-electron chi connectivity index (χ2n) is 9.26. The zero-order valence-corrected chi connectivity index (χ0v) is 17.3. The molecule has 1 N–H and O–H groups in total. The minimum Gasteiger partial charge on any atom is -0.479 e. The summed E-state index contributed by atoms with van der Waals surface area (Å²) in [4.78, 5) is 11.5. The van der Waals surface area contributed by atoms with Crippen LogP contribution in [0.2, 0.25) is 0 Å². The summed E-state index contributed by atoms with van der Waals surface area (Å²) < 4.78 is 5.98. The predicted octanol–water partition coefficient (Wildman–Crippen LogP) is 6.16. The van der Waals surface area contributed by atoms with Crippen molar-refractivity contribution >= 4 is 5.97 Å². The molecule has 3 heteroatoms. The predicted molar refractivity (Wildman–Crippen MR) is 105 cm³/mol. The van der Waals surface area contributed by atoms with Crippen LogP contribution in [0.5, 0.6) is 5.75 Å². The summed E-state index contributed by atoms with van der Waals surface area (Å²) in [6.07, 6.45) is 1.55. The Morgan fingerprint density at radius 1 is 1.16 bits per heavy atom. The van der Waals surface area contributed by atoms with E-state index >= 15 is 0 Å². The van der Waals surface area contributed by atoms with Gasteiger partial charge in [0.15, 0.2) is 6.10 Å². The highest BCUT2D eigenvalue weighted by atomic mass is 16.5. The van der Waals surface area contributed by atoms with Crippen LogP contribution in [0.25, 0.3) is 0 Å². The Morgan fingerprint density at radius 2 is 1.76 bits per heavy atom. The summed E-state index contributed by atoms with van der Waals surface area (Å²) in [5.74, 6) is 0.108. The number of hydrogen-bond acceptors (Lipinski definition) is 2. The van der Waals surface area contributed by atoms with Gasteiger partial charge in [-0.2, -0.15) is 0 Å². The molecule has 0 fully saturated rings. The lowest BCUT2D eigenvalue weighted by Gasteiger charge is -2.33. The van der Waals surface area contributed by atoms with E-state index in [4.69, 9.17) is 4.74 Å². The molecule has 0 bridgehead atoms. The molecule has 1 rings (SSSR count). The van der Waals surface area contributed by atoms with Crippen LogP contribution >= 0.6 is 0 Å². The summed E-state index contributed by atoms with van der Waals surface area (Å²) in [6.45, 7) is 17.4. The first-order valence-electron chi connectivity index (χ1n) is 9.41. The maximum absolute atomic E-state index is 11.5. The lowest BCUT2D eigenvalue weighted by molar-refractivity contribution is -0.145. The van der Waals surface area contributed by atoms with Crippen LogP contribution in [0.1, 0.15) is 91.7 Å².